The zero-order valence-electron chi connectivity index (χ0n) is 12.3. The van der Waals surface area contributed by atoms with Crippen LogP contribution in [0, 0.1) is 5.92 Å². The second kappa shape index (κ2) is 16.5. The summed E-state index contributed by atoms with van der Waals surface area (Å²) in [7, 11) is 0. The van der Waals surface area contributed by atoms with Crippen LogP contribution in [-0.2, 0) is 4.79 Å². The molecule has 0 rings (SSSR count). The average Bonchev–Trinajstić information content (AvgIpc) is 2.30. The summed E-state index contributed by atoms with van der Waals surface area (Å²) in [4.78, 5) is 10.5. The van der Waals surface area contributed by atoms with Gasteiger partial charge in [-0.1, -0.05) is 78.1 Å². The summed E-state index contributed by atoms with van der Waals surface area (Å²) in [6.45, 7) is 4.21. The fourth-order valence-electron chi connectivity index (χ4n) is 2.26. The van der Waals surface area contributed by atoms with E-state index in [4.69, 9.17) is 5.11 Å². The van der Waals surface area contributed by atoms with Crippen molar-refractivity contribution < 1.29 is 9.90 Å². The Morgan fingerprint density at radius 3 is 1.68 bits per heavy atom. The molecule has 0 aromatic carbocycles. The molecular formula is C16H32NaO2. The molecule has 0 saturated carbocycles. The third-order valence-corrected chi connectivity index (χ3v) is 3.41. The molecule has 3 heteroatoms. The van der Waals surface area contributed by atoms with Gasteiger partial charge in [-0.25, -0.2) is 0 Å². The van der Waals surface area contributed by atoms with Crippen LogP contribution in [0.3, 0.4) is 0 Å². The molecule has 0 unspecified atom stereocenters. The van der Waals surface area contributed by atoms with E-state index >= 15 is 0 Å². The van der Waals surface area contributed by atoms with E-state index in [9.17, 15) is 4.79 Å². The molecule has 0 bridgehead atoms. The number of unbranched alkanes of at least 4 members (excludes halogenated alkanes) is 9. The minimum atomic E-state index is -0.695. The molecule has 0 aromatic rings. The van der Waals surface area contributed by atoms with Crippen molar-refractivity contribution in [2.75, 3.05) is 0 Å². The van der Waals surface area contributed by atoms with E-state index in [1.54, 1.807) is 0 Å². The Bertz CT molecular complexity index is 195. The molecule has 0 amide bonds. The van der Waals surface area contributed by atoms with Crippen molar-refractivity contribution in [3.05, 3.63) is 5.92 Å². The Morgan fingerprint density at radius 1 is 0.842 bits per heavy atom. The summed E-state index contributed by atoms with van der Waals surface area (Å²) in [5.41, 5.74) is 0. The van der Waals surface area contributed by atoms with Crippen LogP contribution < -0.4 is 0 Å². The average molecular weight is 279 g/mol. The SMILES string of the molecule is CCCCCCCCCCCC[C](C)CC(=O)O.[NaH]. The van der Waals surface area contributed by atoms with Crippen LogP contribution in [-0.4, -0.2) is 40.6 Å². The molecule has 0 aliphatic heterocycles. The number of carboxylic acids is 1. The van der Waals surface area contributed by atoms with Gasteiger partial charge in [0.25, 0.3) is 0 Å². The standard InChI is InChI=1S/C16H31O2.Na.H/c1-3-4-5-6-7-8-9-10-11-12-13-15(2)14-16(17)18;;/h3-14H2,1-2H3,(H,17,18);;. The van der Waals surface area contributed by atoms with E-state index in [1.807, 2.05) is 6.92 Å². The maximum absolute atomic E-state index is 10.5. The van der Waals surface area contributed by atoms with Crippen LogP contribution in [0.5, 0.6) is 0 Å². The van der Waals surface area contributed by atoms with Gasteiger partial charge >= 0.3 is 35.5 Å². The molecule has 0 saturated heterocycles. The molecule has 0 fully saturated rings. The molecule has 1 N–H and O–H groups in total. The predicted octanol–water partition coefficient (Wildman–Crippen LogP) is 4.72. The summed E-state index contributed by atoms with van der Waals surface area (Å²) in [5, 5.41) is 8.62. The van der Waals surface area contributed by atoms with Gasteiger partial charge in [0.2, 0.25) is 0 Å². The fraction of sp³-hybridized carbons (Fsp3) is 0.875. The van der Waals surface area contributed by atoms with Gasteiger partial charge in [0, 0.05) is 0 Å². The monoisotopic (exact) mass is 279 g/mol. The molecule has 0 aliphatic carbocycles. The summed E-state index contributed by atoms with van der Waals surface area (Å²) in [6.07, 6.45) is 14.6. The summed E-state index contributed by atoms with van der Waals surface area (Å²) >= 11 is 0. The molecule has 0 spiro atoms. The van der Waals surface area contributed by atoms with E-state index in [-0.39, 0.29) is 36.0 Å². The second-order valence-electron chi connectivity index (χ2n) is 5.46. The normalized spacial score (nSPS) is 10.5. The zero-order chi connectivity index (χ0) is 13.6. The van der Waals surface area contributed by atoms with Gasteiger partial charge in [-0.2, -0.15) is 0 Å². The van der Waals surface area contributed by atoms with E-state index < -0.39 is 5.97 Å². The molecule has 0 aliphatic rings. The molecule has 0 atom stereocenters. The molecule has 19 heavy (non-hydrogen) atoms. The van der Waals surface area contributed by atoms with Gasteiger partial charge < -0.3 is 5.11 Å². The number of rotatable bonds is 13. The Balaban J connectivity index is 0. The first-order valence-corrected chi connectivity index (χ1v) is 7.70. The summed E-state index contributed by atoms with van der Waals surface area (Å²) < 4.78 is 0. The summed E-state index contributed by atoms with van der Waals surface area (Å²) in [6, 6.07) is 0. The minimum absolute atomic E-state index is 0. The maximum atomic E-state index is 10.5. The van der Waals surface area contributed by atoms with Crippen LogP contribution in [0.15, 0.2) is 0 Å². The van der Waals surface area contributed by atoms with Crippen LogP contribution in [0.1, 0.15) is 90.9 Å². The Morgan fingerprint density at radius 2 is 1.26 bits per heavy atom. The van der Waals surface area contributed by atoms with Gasteiger partial charge in [0.1, 0.15) is 0 Å². The van der Waals surface area contributed by atoms with E-state index in [0.717, 1.165) is 18.8 Å². The predicted molar refractivity (Wildman–Crippen MR) is 84.8 cm³/mol. The van der Waals surface area contributed by atoms with E-state index in [0.29, 0.717) is 0 Å². The van der Waals surface area contributed by atoms with Crippen molar-refractivity contribution in [1.82, 2.24) is 0 Å². The molecule has 0 aromatic heterocycles. The molecule has 2 nitrogen and oxygen atoms in total. The number of carbonyl (C=O) groups is 1. The van der Waals surface area contributed by atoms with Crippen molar-refractivity contribution in [1.29, 1.82) is 0 Å². The van der Waals surface area contributed by atoms with Gasteiger partial charge in [-0.15, -0.1) is 0 Å². The Labute approximate surface area is 142 Å². The second-order valence-corrected chi connectivity index (χ2v) is 5.46. The van der Waals surface area contributed by atoms with E-state index in [1.165, 1.54) is 57.8 Å². The van der Waals surface area contributed by atoms with Gasteiger partial charge in [-0.3, -0.25) is 4.79 Å². The van der Waals surface area contributed by atoms with Crippen molar-refractivity contribution in [3.8, 4) is 0 Å². The van der Waals surface area contributed by atoms with Crippen LogP contribution >= 0.6 is 0 Å². The van der Waals surface area contributed by atoms with Crippen molar-refractivity contribution in [2.24, 2.45) is 0 Å². The molecular weight excluding hydrogens is 247 g/mol. The number of hydrogen-bond acceptors (Lipinski definition) is 1. The van der Waals surface area contributed by atoms with E-state index in [2.05, 4.69) is 6.92 Å². The third-order valence-electron chi connectivity index (χ3n) is 3.41. The van der Waals surface area contributed by atoms with Crippen molar-refractivity contribution >= 4 is 35.5 Å². The third kappa shape index (κ3) is 18.5. The van der Waals surface area contributed by atoms with Gasteiger partial charge in [0.05, 0.1) is 6.42 Å². The van der Waals surface area contributed by atoms with Gasteiger partial charge in [-0.05, 0) is 12.3 Å². The first-order valence-electron chi connectivity index (χ1n) is 7.70. The Kier molecular flexibility index (Phi) is 18.9. The zero-order valence-corrected chi connectivity index (χ0v) is 12.3. The van der Waals surface area contributed by atoms with Crippen molar-refractivity contribution in [3.63, 3.8) is 0 Å². The first kappa shape index (κ1) is 21.8. The Hall–Kier alpha value is 0.470. The van der Waals surface area contributed by atoms with Crippen LogP contribution in [0.2, 0.25) is 0 Å². The van der Waals surface area contributed by atoms with Crippen LogP contribution in [0.4, 0.5) is 0 Å². The quantitative estimate of drug-likeness (QED) is 0.391. The van der Waals surface area contributed by atoms with Crippen LogP contribution in [0.25, 0.3) is 0 Å². The number of carboxylic acid groups (broad SMARTS) is 1. The first-order chi connectivity index (χ1) is 8.66. The van der Waals surface area contributed by atoms with Crippen molar-refractivity contribution in [2.45, 2.75) is 90.9 Å². The number of aliphatic carboxylic acids is 1. The summed E-state index contributed by atoms with van der Waals surface area (Å²) in [5.74, 6) is 0.418. The molecule has 109 valence electrons. The molecule has 0 heterocycles. The molecule has 1 radical (unpaired) electrons. The van der Waals surface area contributed by atoms with Gasteiger partial charge in [0.15, 0.2) is 0 Å². The fourth-order valence-corrected chi connectivity index (χ4v) is 2.26. The number of hydrogen-bond donors (Lipinski definition) is 1. The topological polar surface area (TPSA) is 37.3 Å².